The van der Waals surface area contributed by atoms with Gasteiger partial charge in [-0.1, -0.05) is 38.8 Å². The Kier molecular flexibility index (Phi) is 11.3. The third kappa shape index (κ3) is 6.08. The van der Waals surface area contributed by atoms with E-state index in [0.29, 0.717) is 24.8 Å². The van der Waals surface area contributed by atoms with E-state index in [9.17, 15) is 4.79 Å². The summed E-state index contributed by atoms with van der Waals surface area (Å²) in [4.78, 5) is 19.3. The van der Waals surface area contributed by atoms with Crippen LogP contribution in [0.5, 0.6) is 0 Å². The van der Waals surface area contributed by atoms with E-state index in [0.717, 1.165) is 38.8 Å². The highest BCUT2D eigenvalue weighted by atomic mass is 35.5. The second kappa shape index (κ2) is 11.7. The first-order valence-electron chi connectivity index (χ1n) is 9.06. The molecule has 0 spiro atoms. The van der Waals surface area contributed by atoms with Crippen molar-refractivity contribution in [1.29, 1.82) is 0 Å². The molecule has 1 amide bonds. The molecule has 1 unspecified atom stereocenters. The molecule has 1 aliphatic rings. The molecule has 9 heteroatoms. The van der Waals surface area contributed by atoms with Crippen molar-refractivity contribution in [2.45, 2.75) is 58.5 Å². The minimum atomic E-state index is -0.468. The van der Waals surface area contributed by atoms with Crippen LogP contribution < -0.4 is 10.6 Å². The van der Waals surface area contributed by atoms with E-state index in [2.05, 4.69) is 39.5 Å². The molecule has 1 heterocycles. The molecule has 2 rings (SSSR count). The van der Waals surface area contributed by atoms with Gasteiger partial charge < -0.3 is 15.2 Å². The topological polar surface area (TPSA) is 83.3 Å². The van der Waals surface area contributed by atoms with Gasteiger partial charge in [-0.2, -0.15) is 4.98 Å². The maximum absolute atomic E-state index is 12.5. The van der Waals surface area contributed by atoms with Gasteiger partial charge in [-0.3, -0.25) is 9.69 Å². The lowest BCUT2D eigenvalue weighted by atomic mass is 9.95. The fraction of sp³-hybridized carbons (Fsp3) is 0.824. The highest BCUT2D eigenvalue weighted by Gasteiger charge is 2.42. The Morgan fingerprint density at radius 3 is 2.42 bits per heavy atom. The summed E-state index contributed by atoms with van der Waals surface area (Å²) < 4.78 is 5.46. The predicted molar refractivity (Wildman–Crippen MR) is 107 cm³/mol. The van der Waals surface area contributed by atoms with Gasteiger partial charge in [-0.15, -0.1) is 24.8 Å². The number of aromatic nitrogens is 2. The lowest BCUT2D eigenvalue weighted by Gasteiger charge is -2.28. The Hall–Kier alpha value is -0.890. The monoisotopic (exact) mass is 409 g/mol. The molecule has 0 saturated heterocycles. The van der Waals surface area contributed by atoms with Gasteiger partial charge in [-0.25, -0.2) is 0 Å². The predicted octanol–water partition coefficient (Wildman–Crippen LogP) is 2.50. The van der Waals surface area contributed by atoms with Gasteiger partial charge >= 0.3 is 0 Å². The number of amides is 1. The maximum atomic E-state index is 12.5. The van der Waals surface area contributed by atoms with Crippen molar-refractivity contribution in [3.63, 3.8) is 0 Å². The Bertz CT molecular complexity index is 531. The summed E-state index contributed by atoms with van der Waals surface area (Å²) in [5.41, 5.74) is -0.468. The van der Waals surface area contributed by atoms with Crippen LogP contribution in [0.1, 0.15) is 58.2 Å². The molecule has 1 saturated carbocycles. The van der Waals surface area contributed by atoms with E-state index in [1.54, 1.807) is 0 Å². The van der Waals surface area contributed by atoms with Crippen LogP contribution in [0.25, 0.3) is 0 Å². The quantitative estimate of drug-likeness (QED) is 0.651. The number of carbonyl (C=O) groups is 1. The molecule has 0 aliphatic heterocycles. The van der Waals surface area contributed by atoms with Crippen LogP contribution in [0.4, 0.5) is 0 Å². The van der Waals surface area contributed by atoms with Crippen LogP contribution in [0, 0.1) is 5.92 Å². The summed E-state index contributed by atoms with van der Waals surface area (Å²) in [6.07, 6.45) is 3.88. The fourth-order valence-electron chi connectivity index (χ4n) is 3.29. The molecule has 1 aromatic rings. The summed E-state index contributed by atoms with van der Waals surface area (Å²) in [7, 11) is 1.85. The second-order valence-corrected chi connectivity index (χ2v) is 6.71. The van der Waals surface area contributed by atoms with Crippen molar-refractivity contribution in [1.82, 2.24) is 25.7 Å². The molecule has 152 valence electrons. The SMILES string of the molecule is CCN(CC)Cc1nc(C2(NC(=O)C(C)CNC)CCCC2)no1.Cl.Cl. The van der Waals surface area contributed by atoms with Gasteiger partial charge in [0.25, 0.3) is 0 Å². The van der Waals surface area contributed by atoms with Crippen molar-refractivity contribution in [2.24, 2.45) is 5.92 Å². The molecule has 1 atom stereocenters. The summed E-state index contributed by atoms with van der Waals surface area (Å²) in [6.45, 7) is 9.35. The van der Waals surface area contributed by atoms with E-state index in [1.807, 2.05) is 14.0 Å². The van der Waals surface area contributed by atoms with E-state index in [-0.39, 0.29) is 36.6 Å². The van der Waals surface area contributed by atoms with Gasteiger partial charge in [0.05, 0.1) is 6.54 Å². The highest BCUT2D eigenvalue weighted by Crippen LogP contribution is 2.37. The third-order valence-corrected chi connectivity index (χ3v) is 4.93. The molecular weight excluding hydrogens is 377 g/mol. The second-order valence-electron chi connectivity index (χ2n) is 6.71. The van der Waals surface area contributed by atoms with Crippen molar-refractivity contribution in [3.8, 4) is 0 Å². The number of rotatable bonds is 9. The Morgan fingerprint density at radius 2 is 1.88 bits per heavy atom. The van der Waals surface area contributed by atoms with Crippen LogP contribution in [-0.2, 0) is 16.9 Å². The molecular formula is C17H33Cl2N5O2. The Labute approximate surface area is 168 Å². The smallest absolute Gasteiger partial charge is 0.240 e. The van der Waals surface area contributed by atoms with Crippen LogP contribution in [0.15, 0.2) is 4.52 Å². The Balaban J connectivity index is 0.00000312. The molecule has 0 aromatic carbocycles. The largest absolute Gasteiger partial charge is 0.343 e. The molecule has 0 radical (unpaired) electrons. The Morgan fingerprint density at radius 1 is 1.27 bits per heavy atom. The maximum Gasteiger partial charge on any atom is 0.240 e. The molecule has 1 fully saturated rings. The van der Waals surface area contributed by atoms with Crippen LogP contribution in [0.2, 0.25) is 0 Å². The summed E-state index contributed by atoms with van der Waals surface area (Å²) in [6, 6.07) is 0. The van der Waals surface area contributed by atoms with Crippen LogP contribution in [-0.4, -0.2) is 47.6 Å². The van der Waals surface area contributed by atoms with Crippen LogP contribution in [0.3, 0.4) is 0 Å². The molecule has 1 aliphatic carbocycles. The molecule has 2 N–H and O–H groups in total. The fourth-order valence-corrected chi connectivity index (χ4v) is 3.29. The number of nitrogens with zero attached hydrogens (tertiary/aromatic N) is 3. The standard InChI is InChI=1S/C17H31N5O2.2ClH/c1-5-22(6-2)12-14-19-16(21-24-14)17(9-7-8-10-17)20-15(23)13(3)11-18-4;;/h13,18H,5-12H2,1-4H3,(H,20,23);2*1H. The lowest BCUT2D eigenvalue weighted by molar-refractivity contribution is -0.126. The molecule has 0 bridgehead atoms. The number of hydrogen-bond acceptors (Lipinski definition) is 6. The summed E-state index contributed by atoms with van der Waals surface area (Å²) in [5, 5.41) is 10.5. The summed E-state index contributed by atoms with van der Waals surface area (Å²) in [5.74, 6) is 1.21. The van der Waals surface area contributed by atoms with Gasteiger partial charge in [0.2, 0.25) is 11.8 Å². The van der Waals surface area contributed by atoms with Gasteiger partial charge in [0, 0.05) is 12.5 Å². The number of hydrogen-bond donors (Lipinski definition) is 2. The average molecular weight is 410 g/mol. The lowest BCUT2D eigenvalue weighted by Crippen LogP contribution is -2.48. The zero-order chi connectivity index (χ0) is 17.6. The number of carbonyl (C=O) groups excluding carboxylic acids is 1. The van der Waals surface area contributed by atoms with Gasteiger partial charge in [-0.05, 0) is 33.0 Å². The van der Waals surface area contributed by atoms with Crippen molar-refractivity contribution >= 4 is 30.7 Å². The normalized spacial score (nSPS) is 16.7. The first-order chi connectivity index (χ1) is 11.5. The molecule has 26 heavy (non-hydrogen) atoms. The minimum Gasteiger partial charge on any atom is -0.343 e. The van der Waals surface area contributed by atoms with E-state index >= 15 is 0 Å². The van der Waals surface area contributed by atoms with E-state index in [4.69, 9.17) is 4.52 Å². The van der Waals surface area contributed by atoms with Gasteiger partial charge in [0.15, 0.2) is 5.82 Å². The van der Waals surface area contributed by atoms with Crippen molar-refractivity contribution in [3.05, 3.63) is 11.7 Å². The minimum absolute atomic E-state index is 0. The van der Waals surface area contributed by atoms with Gasteiger partial charge in [0.1, 0.15) is 5.54 Å². The van der Waals surface area contributed by atoms with E-state index in [1.165, 1.54) is 0 Å². The first kappa shape index (κ1) is 25.1. The number of halogens is 2. The summed E-state index contributed by atoms with van der Waals surface area (Å²) >= 11 is 0. The first-order valence-corrected chi connectivity index (χ1v) is 9.06. The zero-order valence-electron chi connectivity index (χ0n) is 16.2. The zero-order valence-corrected chi connectivity index (χ0v) is 17.8. The van der Waals surface area contributed by atoms with Crippen molar-refractivity contribution < 1.29 is 9.32 Å². The highest BCUT2D eigenvalue weighted by molar-refractivity contribution is 5.85. The van der Waals surface area contributed by atoms with E-state index < -0.39 is 5.54 Å². The van der Waals surface area contributed by atoms with Crippen molar-refractivity contribution in [2.75, 3.05) is 26.7 Å². The number of nitrogens with one attached hydrogen (secondary N) is 2. The average Bonchev–Trinajstić information content (AvgIpc) is 3.23. The third-order valence-electron chi connectivity index (χ3n) is 4.93. The van der Waals surface area contributed by atoms with Crippen LogP contribution >= 0.6 is 24.8 Å². The molecule has 1 aromatic heterocycles. The molecule has 7 nitrogen and oxygen atoms in total.